The fraction of sp³-hybridized carbons (Fsp3) is 0.200. The number of aromatic nitrogens is 1. The number of para-hydroxylation sites is 3. The molecule has 4 nitrogen and oxygen atoms in total. The summed E-state index contributed by atoms with van der Waals surface area (Å²) >= 11 is 0. The van der Waals surface area contributed by atoms with Crippen molar-refractivity contribution in [2.75, 3.05) is 9.80 Å². The molecular weight excluding hydrogens is 729 g/mol. The third kappa shape index (κ3) is 3.74. The number of benzene rings is 7. The van der Waals surface area contributed by atoms with E-state index >= 15 is 0 Å². The molecule has 3 aliphatic heterocycles. The number of hydrogen-bond donors (Lipinski definition) is 0. The van der Waals surface area contributed by atoms with E-state index in [1.807, 2.05) is 0 Å². The molecule has 2 aliphatic carbocycles. The molecule has 288 valence electrons. The van der Waals surface area contributed by atoms with Crippen LogP contribution in [-0.2, 0) is 10.8 Å². The first-order valence-corrected chi connectivity index (χ1v) is 21.9. The van der Waals surface area contributed by atoms with Crippen LogP contribution >= 0.6 is 0 Å². The van der Waals surface area contributed by atoms with Gasteiger partial charge >= 0.3 is 0 Å². The molecule has 0 spiro atoms. The van der Waals surface area contributed by atoms with Gasteiger partial charge in [-0.05, 0) is 108 Å². The van der Waals surface area contributed by atoms with E-state index in [0.717, 1.165) is 34.7 Å². The first-order chi connectivity index (χ1) is 29.3. The van der Waals surface area contributed by atoms with E-state index in [2.05, 4.69) is 188 Å². The first-order valence-electron chi connectivity index (χ1n) is 21.9. The van der Waals surface area contributed by atoms with Crippen molar-refractivity contribution in [2.24, 2.45) is 0 Å². The van der Waals surface area contributed by atoms with Gasteiger partial charge in [-0.25, -0.2) is 0 Å². The van der Waals surface area contributed by atoms with Gasteiger partial charge in [0.2, 0.25) is 0 Å². The molecule has 1 fully saturated rings. The van der Waals surface area contributed by atoms with Crippen molar-refractivity contribution in [1.29, 1.82) is 0 Å². The summed E-state index contributed by atoms with van der Waals surface area (Å²) in [5, 5.41) is 3.89. The van der Waals surface area contributed by atoms with E-state index in [1.165, 1.54) is 102 Å². The average Bonchev–Trinajstić information content (AvgIpc) is 3.95. The Bertz CT molecular complexity index is 3320. The Labute approximate surface area is 350 Å². The lowest BCUT2D eigenvalue weighted by atomic mass is 9.36. The van der Waals surface area contributed by atoms with Crippen molar-refractivity contribution in [3.63, 3.8) is 0 Å². The fourth-order valence-electron chi connectivity index (χ4n) is 13.2. The number of rotatable bonds is 3. The SMILES string of the molecule is CC1(C)c2ccccc2-c2ccc3c4c(oc3c21)B1c2ccc(N(c3ccccc3)c3ccccc3)cc2N2c3c(cc5c6ccccc6n-4c5c31)C1(C)CCCCC21C. The van der Waals surface area contributed by atoms with E-state index in [1.54, 1.807) is 0 Å². The van der Waals surface area contributed by atoms with Crippen molar-refractivity contribution in [2.45, 2.75) is 69.7 Å². The van der Waals surface area contributed by atoms with Crippen LogP contribution < -0.4 is 26.4 Å². The van der Waals surface area contributed by atoms with E-state index in [0.29, 0.717) is 0 Å². The maximum atomic E-state index is 7.69. The molecule has 2 atom stereocenters. The molecule has 7 aromatic carbocycles. The third-order valence-electron chi connectivity index (χ3n) is 16.1. The monoisotopic (exact) mass is 773 g/mol. The maximum Gasteiger partial charge on any atom is 0.297 e. The Morgan fingerprint density at radius 2 is 1.32 bits per heavy atom. The molecule has 0 saturated heterocycles. The molecule has 2 aromatic heterocycles. The molecule has 60 heavy (non-hydrogen) atoms. The molecule has 2 unspecified atom stereocenters. The Hall–Kier alpha value is -6.46. The number of hydrogen-bond acceptors (Lipinski definition) is 3. The van der Waals surface area contributed by atoms with Gasteiger partial charge in [0, 0.05) is 61.0 Å². The van der Waals surface area contributed by atoms with Gasteiger partial charge in [-0.1, -0.05) is 125 Å². The van der Waals surface area contributed by atoms with Crippen LogP contribution in [0, 0.1) is 0 Å². The Balaban J connectivity index is 1.13. The molecule has 1 saturated carbocycles. The summed E-state index contributed by atoms with van der Waals surface area (Å²) in [4.78, 5) is 5.26. The zero-order valence-corrected chi connectivity index (χ0v) is 34.5. The van der Waals surface area contributed by atoms with Crippen LogP contribution in [0.15, 0.2) is 150 Å². The second-order valence-corrected chi connectivity index (χ2v) is 19.1. The topological polar surface area (TPSA) is 24.6 Å². The lowest BCUT2D eigenvalue weighted by Crippen LogP contribution is -2.63. The molecule has 14 rings (SSSR count). The summed E-state index contributed by atoms with van der Waals surface area (Å²) in [6.07, 6.45) is 4.80. The first kappa shape index (κ1) is 33.4. The zero-order valence-electron chi connectivity index (χ0n) is 34.5. The number of nitrogens with zero attached hydrogens (tertiary/aromatic N) is 3. The van der Waals surface area contributed by atoms with Crippen molar-refractivity contribution in [3.05, 3.63) is 162 Å². The van der Waals surface area contributed by atoms with E-state index in [4.69, 9.17) is 4.42 Å². The highest BCUT2D eigenvalue weighted by Crippen LogP contribution is 2.63. The fourth-order valence-corrected chi connectivity index (χ4v) is 13.2. The van der Waals surface area contributed by atoms with Gasteiger partial charge in [0.25, 0.3) is 6.71 Å². The lowest BCUT2D eigenvalue weighted by molar-refractivity contribution is 0.195. The molecule has 0 amide bonds. The van der Waals surface area contributed by atoms with Crippen LogP contribution in [0.1, 0.15) is 70.1 Å². The molecular formula is C55H44BN3O. The summed E-state index contributed by atoms with van der Waals surface area (Å²) in [5.41, 5.74) is 21.3. The molecule has 5 heterocycles. The Kier molecular flexibility index (Phi) is 6.13. The van der Waals surface area contributed by atoms with Crippen molar-refractivity contribution in [1.82, 2.24) is 4.57 Å². The van der Waals surface area contributed by atoms with Crippen LogP contribution in [0.4, 0.5) is 28.4 Å². The standard InChI is InChI=1S/C55H44BN3O/c1-53(2)41-23-13-11-21-36(41)38-26-27-39-49-52(60-51(39)46(38)53)56-43-28-25-35(57(33-17-7-5-8-18-33)34-19-9-6-10-20-34)31-45(43)59-50-42(54(3)29-15-16-30-55(54,59)4)32-40-37-22-12-14-24-44(37)58(49)48(40)47(50)56/h5-14,17-28,31-32H,15-16,29-30H2,1-4H3. The van der Waals surface area contributed by atoms with Gasteiger partial charge in [-0.15, -0.1) is 0 Å². The lowest BCUT2D eigenvalue weighted by Gasteiger charge is -2.52. The average molecular weight is 774 g/mol. The minimum atomic E-state index is -0.207. The highest BCUT2D eigenvalue weighted by Gasteiger charge is 2.62. The van der Waals surface area contributed by atoms with Gasteiger partial charge in [-0.2, -0.15) is 0 Å². The highest BCUT2D eigenvalue weighted by atomic mass is 16.3. The van der Waals surface area contributed by atoms with Crippen molar-refractivity contribution >= 4 is 84.5 Å². The van der Waals surface area contributed by atoms with Crippen molar-refractivity contribution in [3.8, 4) is 16.8 Å². The number of anilines is 5. The maximum absolute atomic E-state index is 7.69. The second kappa shape index (κ2) is 11.0. The zero-order chi connectivity index (χ0) is 39.9. The van der Waals surface area contributed by atoms with Gasteiger partial charge in [0.1, 0.15) is 5.58 Å². The van der Waals surface area contributed by atoms with Gasteiger partial charge < -0.3 is 18.8 Å². The molecule has 9 aromatic rings. The number of furan rings is 1. The Morgan fingerprint density at radius 1 is 0.600 bits per heavy atom. The van der Waals surface area contributed by atoms with Crippen LogP contribution in [0.2, 0.25) is 0 Å². The Morgan fingerprint density at radius 3 is 2.12 bits per heavy atom. The summed E-state index contributed by atoms with van der Waals surface area (Å²) in [6, 6.07) is 54.5. The molecule has 5 heteroatoms. The number of fused-ring (bicyclic) bond motifs is 18. The smallest absolute Gasteiger partial charge is 0.297 e. The largest absolute Gasteiger partial charge is 0.468 e. The van der Waals surface area contributed by atoms with Gasteiger partial charge in [0.05, 0.1) is 27.9 Å². The molecule has 5 aliphatic rings. The summed E-state index contributed by atoms with van der Waals surface area (Å²) in [5.74, 6) is 0. The minimum absolute atomic E-state index is 0.0278. The second-order valence-electron chi connectivity index (χ2n) is 19.1. The van der Waals surface area contributed by atoms with Gasteiger partial charge in [0.15, 0.2) is 0 Å². The third-order valence-corrected chi connectivity index (χ3v) is 16.1. The van der Waals surface area contributed by atoms with Gasteiger partial charge in [-0.3, -0.25) is 0 Å². The predicted molar refractivity (Wildman–Crippen MR) is 250 cm³/mol. The van der Waals surface area contributed by atoms with Crippen LogP contribution in [-0.4, -0.2) is 16.8 Å². The van der Waals surface area contributed by atoms with Crippen LogP contribution in [0.3, 0.4) is 0 Å². The molecule has 0 bridgehead atoms. The van der Waals surface area contributed by atoms with E-state index in [9.17, 15) is 0 Å². The van der Waals surface area contributed by atoms with Crippen molar-refractivity contribution < 1.29 is 4.42 Å². The predicted octanol–water partition coefficient (Wildman–Crippen LogP) is 12.2. The minimum Gasteiger partial charge on any atom is -0.468 e. The summed E-state index contributed by atoms with van der Waals surface area (Å²) in [7, 11) is 0. The van der Waals surface area contributed by atoms with Crippen LogP contribution in [0.5, 0.6) is 0 Å². The molecule has 0 N–H and O–H groups in total. The highest BCUT2D eigenvalue weighted by molar-refractivity contribution is 7.00. The molecule has 0 radical (unpaired) electrons. The van der Waals surface area contributed by atoms with Crippen LogP contribution in [0.25, 0.3) is 49.6 Å². The quantitative estimate of drug-likeness (QED) is 0.167. The normalized spacial score (nSPS) is 20.9. The summed E-state index contributed by atoms with van der Waals surface area (Å²) in [6.45, 7) is 9.86. The van der Waals surface area contributed by atoms with E-state index < -0.39 is 0 Å². The summed E-state index contributed by atoms with van der Waals surface area (Å²) < 4.78 is 10.3. The van der Waals surface area contributed by atoms with E-state index in [-0.39, 0.29) is 23.1 Å².